The summed E-state index contributed by atoms with van der Waals surface area (Å²) in [5.74, 6) is 0. The molecule has 0 atom stereocenters. The summed E-state index contributed by atoms with van der Waals surface area (Å²) in [5.41, 5.74) is 10.8. The molecule has 0 bridgehead atoms. The van der Waals surface area contributed by atoms with E-state index in [0.29, 0.717) is 12.1 Å². The Morgan fingerprint density at radius 3 is 2.52 bits per heavy atom. The van der Waals surface area contributed by atoms with Gasteiger partial charge in [0.1, 0.15) is 0 Å². The molecule has 0 radical (unpaired) electrons. The minimum absolute atomic E-state index is 0.0624. The van der Waals surface area contributed by atoms with Crippen molar-refractivity contribution in [2.24, 2.45) is 0 Å². The van der Waals surface area contributed by atoms with Gasteiger partial charge in [-0.15, -0.1) is 0 Å². The summed E-state index contributed by atoms with van der Waals surface area (Å²) in [5, 5.41) is 12.3. The number of nitrogen functional groups attached to an aromatic ring is 1. The average molecular weight is 279 g/mol. The SMILES string of the molecule is CC(C)(C)c1ccccc1Nc1ccc(N)c(CC#N)c1. The summed E-state index contributed by atoms with van der Waals surface area (Å²) >= 11 is 0. The largest absolute Gasteiger partial charge is 0.398 e. The Morgan fingerprint density at radius 2 is 1.86 bits per heavy atom. The lowest BCUT2D eigenvalue weighted by Gasteiger charge is -2.23. The first-order valence-electron chi connectivity index (χ1n) is 7.03. The zero-order chi connectivity index (χ0) is 15.5. The van der Waals surface area contributed by atoms with E-state index in [1.54, 1.807) is 0 Å². The molecule has 3 heteroatoms. The van der Waals surface area contributed by atoms with Crippen LogP contribution in [-0.4, -0.2) is 0 Å². The molecule has 3 N–H and O–H groups in total. The maximum absolute atomic E-state index is 8.85. The second-order valence-electron chi connectivity index (χ2n) is 6.17. The third-order valence-corrected chi connectivity index (χ3v) is 3.43. The lowest BCUT2D eigenvalue weighted by Crippen LogP contribution is -2.13. The van der Waals surface area contributed by atoms with Gasteiger partial charge in [0.2, 0.25) is 0 Å². The summed E-state index contributed by atoms with van der Waals surface area (Å²) < 4.78 is 0. The number of nitrogens with one attached hydrogen (secondary N) is 1. The number of para-hydroxylation sites is 1. The fourth-order valence-electron chi connectivity index (χ4n) is 2.32. The van der Waals surface area contributed by atoms with Crippen LogP contribution in [0.4, 0.5) is 17.1 Å². The zero-order valence-corrected chi connectivity index (χ0v) is 12.8. The van der Waals surface area contributed by atoms with Crippen LogP contribution >= 0.6 is 0 Å². The molecule has 108 valence electrons. The molecule has 3 nitrogen and oxygen atoms in total. The molecule has 0 saturated carbocycles. The normalized spacial score (nSPS) is 11.0. The van der Waals surface area contributed by atoms with Crippen LogP contribution in [0.1, 0.15) is 31.9 Å². The van der Waals surface area contributed by atoms with Crippen molar-refractivity contribution in [1.29, 1.82) is 5.26 Å². The van der Waals surface area contributed by atoms with Gasteiger partial charge in [0, 0.05) is 17.1 Å². The van der Waals surface area contributed by atoms with E-state index in [4.69, 9.17) is 11.0 Å². The number of rotatable bonds is 3. The van der Waals surface area contributed by atoms with Crippen LogP contribution < -0.4 is 11.1 Å². The van der Waals surface area contributed by atoms with E-state index in [1.807, 2.05) is 24.3 Å². The number of nitrogens with zero attached hydrogens (tertiary/aromatic N) is 1. The van der Waals surface area contributed by atoms with E-state index >= 15 is 0 Å². The monoisotopic (exact) mass is 279 g/mol. The van der Waals surface area contributed by atoms with Crippen molar-refractivity contribution in [2.75, 3.05) is 11.1 Å². The van der Waals surface area contributed by atoms with Gasteiger partial charge in [-0.2, -0.15) is 5.26 Å². The molecule has 0 amide bonds. The van der Waals surface area contributed by atoms with E-state index in [2.05, 4.69) is 50.4 Å². The van der Waals surface area contributed by atoms with Crippen LogP contribution in [0.3, 0.4) is 0 Å². The molecule has 0 heterocycles. The maximum atomic E-state index is 8.85. The van der Waals surface area contributed by atoms with E-state index in [-0.39, 0.29) is 5.41 Å². The van der Waals surface area contributed by atoms with Crippen molar-refractivity contribution in [2.45, 2.75) is 32.6 Å². The Kier molecular flexibility index (Phi) is 4.18. The van der Waals surface area contributed by atoms with Crippen molar-refractivity contribution in [3.63, 3.8) is 0 Å². The molecule has 2 rings (SSSR count). The predicted octanol–water partition coefficient (Wildman–Crippen LogP) is 4.38. The van der Waals surface area contributed by atoms with Gasteiger partial charge in [-0.25, -0.2) is 0 Å². The molecule has 0 aliphatic carbocycles. The molecule has 2 aromatic carbocycles. The number of hydrogen-bond donors (Lipinski definition) is 2. The first-order chi connectivity index (χ1) is 9.91. The minimum Gasteiger partial charge on any atom is -0.398 e. The van der Waals surface area contributed by atoms with E-state index in [1.165, 1.54) is 5.56 Å². The van der Waals surface area contributed by atoms with E-state index < -0.39 is 0 Å². The molecule has 0 aliphatic rings. The Bertz CT molecular complexity index is 676. The Balaban J connectivity index is 2.35. The third-order valence-electron chi connectivity index (χ3n) is 3.43. The van der Waals surface area contributed by atoms with Gasteiger partial charge in [0.25, 0.3) is 0 Å². The highest BCUT2D eigenvalue weighted by molar-refractivity contribution is 5.67. The molecular weight excluding hydrogens is 258 g/mol. The fraction of sp³-hybridized carbons (Fsp3) is 0.278. The molecule has 0 saturated heterocycles. The van der Waals surface area contributed by atoms with Crippen molar-refractivity contribution < 1.29 is 0 Å². The number of hydrogen-bond acceptors (Lipinski definition) is 3. The molecule has 0 spiro atoms. The van der Waals surface area contributed by atoms with Gasteiger partial charge < -0.3 is 11.1 Å². The highest BCUT2D eigenvalue weighted by Crippen LogP contribution is 2.31. The highest BCUT2D eigenvalue weighted by Gasteiger charge is 2.17. The summed E-state index contributed by atoms with van der Waals surface area (Å²) in [6, 6.07) is 16.1. The molecule has 21 heavy (non-hydrogen) atoms. The van der Waals surface area contributed by atoms with Gasteiger partial charge in [-0.05, 0) is 40.8 Å². The number of nitriles is 1. The van der Waals surface area contributed by atoms with Crippen LogP contribution in [0.25, 0.3) is 0 Å². The van der Waals surface area contributed by atoms with E-state index in [0.717, 1.165) is 16.9 Å². The maximum Gasteiger partial charge on any atom is 0.0670 e. The Hall–Kier alpha value is -2.47. The van der Waals surface area contributed by atoms with Crippen molar-refractivity contribution in [1.82, 2.24) is 0 Å². The molecule has 0 aliphatic heterocycles. The molecule has 0 unspecified atom stereocenters. The quantitative estimate of drug-likeness (QED) is 0.820. The summed E-state index contributed by atoms with van der Waals surface area (Å²) in [6.07, 6.45) is 0.322. The van der Waals surface area contributed by atoms with Crippen LogP contribution in [0.2, 0.25) is 0 Å². The van der Waals surface area contributed by atoms with Gasteiger partial charge >= 0.3 is 0 Å². The van der Waals surface area contributed by atoms with Crippen LogP contribution in [0, 0.1) is 11.3 Å². The number of benzene rings is 2. The fourth-order valence-corrected chi connectivity index (χ4v) is 2.32. The lowest BCUT2D eigenvalue weighted by atomic mass is 9.86. The Labute approximate surface area is 126 Å². The summed E-state index contributed by atoms with van der Waals surface area (Å²) in [4.78, 5) is 0. The predicted molar refractivity (Wildman–Crippen MR) is 88.6 cm³/mol. The summed E-state index contributed by atoms with van der Waals surface area (Å²) in [7, 11) is 0. The van der Waals surface area contributed by atoms with Gasteiger partial charge in [-0.1, -0.05) is 39.0 Å². The Morgan fingerprint density at radius 1 is 1.14 bits per heavy atom. The van der Waals surface area contributed by atoms with Crippen LogP contribution in [-0.2, 0) is 11.8 Å². The molecular formula is C18H21N3. The standard InChI is InChI=1S/C18H21N3/c1-18(2,3)15-6-4-5-7-17(15)21-14-8-9-16(20)13(12-14)10-11-19/h4-9,12,21H,10,20H2,1-3H3. The van der Waals surface area contributed by atoms with E-state index in [9.17, 15) is 0 Å². The first kappa shape index (κ1) is 14.9. The second kappa shape index (κ2) is 5.88. The topological polar surface area (TPSA) is 61.8 Å². The molecule has 2 aromatic rings. The average Bonchev–Trinajstić information content (AvgIpc) is 2.42. The van der Waals surface area contributed by atoms with Crippen molar-refractivity contribution >= 4 is 17.1 Å². The second-order valence-corrected chi connectivity index (χ2v) is 6.17. The summed E-state index contributed by atoms with van der Waals surface area (Å²) in [6.45, 7) is 6.58. The smallest absolute Gasteiger partial charge is 0.0670 e. The van der Waals surface area contributed by atoms with Gasteiger partial charge in [-0.3, -0.25) is 0 Å². The van der Waals surface area contributed by atoms with Crippen molar-refractivity contribution in [3.05, 3.63) is 53.6 Å². The lowest BCUT2D eigenvalue weighted by molar-refractivity contribution is 0.592. The number of nitrogens with two attached hydrogens (primary N) is 1. The van der Waals surface area contributed by atoms with Crippen molar-refractivity contribution in [3.8, 4) is 6.07 Å². The first-order valence-corrected chi connectivity index (χ1v) is 7.03. The highest BCUT2D eigenvalue weighted by atomic mass is 14.9. The van der Waals surface area contributed by atoms with Gasteiger partial charge in [0.15, 0.2) is 0 Å². The third kappa shape index (κ3) is 3.55. The number of anilines is 3. The minimum atomic E-state index is 0.0624. The van der Waals surface area contributed by atoms with Crippen LogP contribution in [0.5, 0.6) is 0 Å². The zero-order valence-electron chi connectivity index (χ0n) is 12.8. The van der Waals surface area contributed by atoms with Gasteiger partial charge in [0.05, 0.1) is 12.5 Å². The van der Waals surface area contributed by atoms with Crippen LogP contribution in [0.15, 0.2) is 42.5 Å². The molecule has 0 fully saturated rings. The molecule has 0 aromatic heterocycles.